The van der Waals surface area contributed by atoms with Crippen molar-refractivity contribution >= 4 is 73.2 Å². The monoisotopic (exact) mass is 1110 g/mol. The summed E-state index contributed by atoms with van der Waals surface area (Å²) >= 11 is 6.75. The standard InChI is InChI=1S/C22H31BO3.C21H28BClO3.C10H12BO5.CH3.BrH.Mg.2Na/c1-13(10-16-8-7-9-18(14(16)2)15(3)24)23-25-20-12-17-11-19(21(17,4)5)22(20,6)26-23;1-12-14(7-6-8-16(12)13(2)24)9-19(23)22-25-18-11-15-10-17(20(15,3)4)21(18,5)26-22;1-6-5-7-3-2-4-8(10(12)13)9(7)16-11(6,14)15;;;;;/h7-9,13,17,19-20H,10-12H2,1-6H3;6-8,15,17-19H,9-11H2,1-5H3;2-4,6,14-15H,5H2,1H3,(H,12,13);1H3;1H;;;/q;;2*-1;;+2;2*+1/p-2/t13-,17?,19?,20?,22+;15?,17?,18?,19-,21-;6-;;;;;/m101...../s1. The van der Waals surface area contributed by atoms with Crippen LogP contribution in [0.15, 0.2) is 54.6 Å². The minimum absolute atomic E-state index is 0. The Morgan fingerprint density at radius 1 is 0.740 bits per heavy atom. The molecule has 0 spiro atoms. The molecule has 9 aliphatic rings. The minimum atomic E-state index is -3.00. The molecular formula is C54H73B3BrClMgNa2O11. The number of rotatable bonds is 9. The van der Waals surface area contributed by atoms with Crippen LogP contribution in [0.3, 0.4) is 0 Å². The first-order chi connectivity index (χ1) is 31.7. The Hall–Kier alpha value is -0.239. The summed E-state index contributed by atoms with van der Waals surface area (Å²) in [6, 6.07) is 16.5. The number of carboxylic acid groups (broad SMARTS) is 1. The molecule has 2 N–H and O–H groups in total. The van der Waals surface area contributed by atoms with Crippen LogP contribution in [0.25, 0.3) is 0 Å². The maximum Gasteiger partial charge on any atom is 2.00 e. The van der Waals surface area contributed by atoms with E-state index in [0.29, 0.717) is 41.1 Å². The number of carbonyl (C=O) groups excluding carboxylic acids is 3. The molecule has 0 radical (unpaired) electrons. The molecule has 3 aromatic carbocycles. The van der Waals surface area contributed by atoms with E-state index in [2.05, 4.69) is 54.5 Å². The van der Waals surface area contributed by atoms with Gasteiger partial charge in [-0.3, -0.25) is 9.59 Å². The van der Waals surface area contributed by atoms with Gasteiger partial charge in [0.2, 0.25) is 0 Å². The second-order valence-corrected chi connectivity index (χ2v) is 23.6. The summed E-state index contributed by atoms with van der Waals surface area (Å²) in [6.07, 6.45) is 6.97. The Morgan fingerprint density at radius 2 is 1.16 bits per heavy atom. The second-order valence-electron chi connectivity index (χ2n) is 23.0. The van der Waals surface area contributed by atoms with Crippen molar-refractivity contribution in [3.8, 4) is 5.75 Å². The third-order valence-electron chi connectivity index (χ3n) is 18.2. The van der Waals surface area contributed by atoms with E-state index in [0.717, 1.165) is 58.9 Å². The molecule has 6 aliphatic carbocycles. The molecule has 6 unspecified atom stereocenters. The van der Waals surface area contributed by atoms with Crippen molar-refractivity contribution in [2.75, 3.05) is 0 Å². The summed E-state index contributed by atoms with van der Waals surface area (Å²) in [4.78, 5) is 34.4. The molecule has 6 saturated carbocycles. The molecule has 3 aromatic rings. The number of hydrogen-bond donors (Lipinski definition) is 2. The number of fused-ring (bicyclic) bond motifs is 1. The average molecular weight is 1120 g/mol. The van der Waals surface area contributed by atoms with Crippen LogP contribution in [0.5, 0.6) is 5.75 Å². The molecule has 11 nitrogen and oxygen atoms in total. The van der Waals surface area contributed by atoms with Gasteiger partial charge in [0.1, 0.15) is 0 Å². The van der Waals surface area contributed by atoms with Gasteiger partial charge in [-0.1, -0.05) is 95.9 Å². The van der Waals surface area contributed by atoms with Crippen molar-refractivity contribution in [2.24, 2.45) is 34.5 Å². The molecule has 3 heterocycles. The molecule has 73 heavy (non-hydrogen) atoms. The predicted molar refractivity (Wildman–Crippen MR) is 276 cm³/mol. The third kappa shape index (κ3) is 12.6. The number of ketones is 2. The molecule has 0 aromatic heterocycles. The molecule has 382 valence electrons. The molecule has 19 heteroatoms. The molecule has 3 aliphatic heterocycles. The summed E-state index contributed by atoms with van der Waals surface area (Å²) in [6.45, 7) is 22.1. The maximum atomic E-state index is 11.8. The van der Waals surface area contributed by atoms with Gasteiger partial charge in [-0.05, 0) is 161 Å². The number of aromatic carboxylic acids is 1. The molecule has 4 bridgehead atoms. The minimum Gasteiger partial charge on any atom is -1.00 e. The quantitative estimate of drug-likeness (QED) is 0.127. The second kappa shape index (κ2) is 25.1. The van der Waals surface area contributed by atoms with Crippen molar-refractivity contribution in [1.29, 1.82) is 0 Å². The molecule has 8 fully saturated rings. The van der Waals surface area contributed by atoms with Crippen LogP contribution in [0.1, 0.15) is 154 Å². The van der Waals surface area contributed by atoms with Gasteiger partial charge in [0.25, 0.3) is 0 Å². The Bertz CT molecular complexity index is 2360. The number of para-hydroxylation sites is 1. The molecule has 12 rings (SSSR count). The van der Waals surface area contributed by atoms with Gasteiger partial charge in [-0.25, -0.2) is 0 Å². The fourth-order valence-corrected chi connectivity index (χ4v) is 13.6. The zero-order valence-electron chi connectivity index (χ0n) is 46.1. The Morgan fingerprint density at radius 3 is 1.62 bits per heavy atom. The molecular weight excluding hydrogens is 1040 g/mol. The average Bonchev–Trinajstić information content (AvgIpc) is 3.82. The van der Waals surface area contributed by atoms with Crippen molar-refractivity contribution in [2.45, 2.75) is 168 Å². The first-order valence-corrected chi connectivity index (χ1v) is 25.2. The smallest absolute Gasteiger partial charge is 1.00 e. The van der Waals surface area contributed by atoms with Crippen LogP contribution in [0, 0.1) is 55.8 Å². The van der Waals surface area contributed by atoms with Gasteiger partial charge in [-0.15, -0.1) is 11.6 Å². The van der Waals surface area contributed by atoms with E-state index in [-0.39, 0.29) is 178 Å². The Kier molecular flexibility index (Phi) is 23.0. The van der Waals surface area contributed by atoms with Crippen LogP contribution in [-0.4, -0.2) is 100 Å². The first-order valence-electron chi connectivity index (χ1n) is 24.8. The van der Waals surface area contributed by atoms with Gasteiger partial charge < -0.3 is 67.6 Å². The number of alkyl halides is 1. The largest absolute Gasteiger partial charge is 2.00 e. The van der Waals surface area contributed by atoms with Crippen molar-refractivity contribution in [1.82, 2.24) is 0 Å². The maximum absolute atomic E-state index is 11.8. The molecule has 11 atom stereocenters. The van der Waals surface area contributed by atoms with Crippen molar-refractivity contribution < 1.29 is 129 Å². The number of carbonyl (C=O) groups is 3. The summed E-state index contributed by atoms with van der Waals surface area (Å²) in [5.41, 5.74) is 6.84. The van der Waals surface area contributed by atoms with Gasteiger partial charge in [0.15, 0.2) is 11.6 Å². The van der Waals surface area contributed by atoms with Gasteiger partial charge in [0.05, 0.1) is 40.4 Å². The number of halogens is 2. The number of hydrogen-bond acceptors (Lipinski definition) is 11. The summed E-state index contributed by atoms with van der Waals surface area (Å²) in [5, 5.41) is 29.7. The topological polar surface area (TPSA) is 161 Å². The van der Waals surface area contributed by atoms with Gasteiger partial charge >= 0.3 is 103 Å². The SMILES string of the molecule is CC(=O)c1cccc(C[C@@H](C)B2OC3CC4CC(C4(C)C)[C@]3(C)O2)c1C.CC(=O)c1cccc(C[C@H](Cl)B2OC3CC4CC(C4(C)C)[C@]3(C)O2)c1C.C[C@@H]1Cc2cccc(C(=O)[O-])c2O[B-]1(O)O.[Br-].[CH3-].[Mg+2].[Na+].[Na+]. The van der Waals surface area contributed by atoms with E-state index in [1.54, 1.807) is 32.9 Å². The molecule has 2 saturated heterocycles. The van der Waals surface area contributed by atoms with E-state index in [4.69, 9.17) is 34.9 Å². The summed E-state index contributed by atoms with van der Waals surface area (Å²) in [7, 11) is -0.539. The van der Waals surface area contributed by atoms with Crippen LogP contribution in [0.2, 0.25) is 11.6 Å². The first kappa shape index (κ1) is 67.0. The number of benzene rings is 3. The normalized spacial score (nSPS) is 30.2. The third-order valence-corrected chi connectivity index (χ3v) is 18.6. The van der Waals surface area contributed by atoms with Gasteiger partial charge in [0, 0.05) is 16.7 Å². The van der Waals surface area contributed by atoms with Crippen LogP contribution in [-0.2, 0) is 37.9 Å². The zero-order valence-corrected chi connectivity index (χ0v) is 53.9. The van der Waals surface area contributed by atoms with E-state index < -0.39 is 18.5 Å². The van der Waals surface area contributed by atoms with E-state index >= 15 is 0 Å². The molecule has 0 amide bonds. The van der Waals surface area contributed by atoms with Crippen molar-refractivity contribution in [3.63, 3.8) is 0 Å². The van der Waals surface area contributed by atoms with Crippen LogP contribution in [0.4, 0.5) is 0 Å². The number of Topliss-reactive ketones (excluding diaryl/α,β-unsaturated/α-hetero) is 2. The van der Waals surface area contributed by atoms with Crippen molar-refractivity contribution in [3.05, 3.63) is 107 Å². The fraction of sp³-hybridized carbons (Fsp3) is 0.593. The Labute approximate surface area is 512 Å². The van der Waals surface area contributed by atoms with E-state index in [1.165, 1.54) is 24.5 Å². The van der Waals surface area contributed by atoms with Crippen LogP contribution < -0.4 is 85.9 Å². The summed E-state index contributed by atoms with van der Waals surface area (Å²) < 4.78 is 30.8. The predicted octanol–water partition coefficient (Wildman–Crippen LogP) is -0.146. The Balaban J connectivity index is 0.000000287. The summed E-state index contributed by atoms with van der Waals surface area (Å²) in [5.74, 6) is 1.27. The zero-order chi connectivity index (χ0) is 49.6. The van der Waals surface area contributed by atoms with Gasteiger partial charge in [-0.2, -0.15) is 0 Å². The van der Waals surface area contributed by atoms with Crippen LogP contribution >= 0.6 is 11.6 Å². The van der Waals surface area contributed by atoms with E-state index in [9.17, 15) is 29.5 Å². The van der Waals surface area contributed by atoms with E-state index in [1.807, 2.05) is 44.2 Å². The fourth-order valence-electron chi connectivity index (χ4n) is 13.4. The number of carboxylic acids is 1.